The number of hydrogen-bond acceptors (Lipinski definition) is 3. The van der Waals surface area contributed by atoms with Crippen LogP contribution in [0.15, 0.2) is 24.3 Å². The van der Waals surface area contributed by atoms with Gasteiger partial charge in [-0.05, 0) is 44.9 Å². The van der Waals surface area contributed by atoms with E-state index in [0.29, 0.717) is 5.56 Å². The summed E-state index contributed by atoms with van der Waals surface area (Å²) in [5.41, 5.74) is 1.68. The van der Waals surface area contributed by atoms with Gasteiger partial charge in [-0.25, -0.2) is 0 Å². The summed E-state index contributed by atoms with van der Waals surface area (Å²) in [7, 11) is 0. The van der Waals surface area contributed by atoms with Crippen molar-refractivity contribution in [2.45, 2.75) is 38.4 Å². The highest BCUT2D eigenvalue weighted by Gasteiger charge is 2.31. The third kappa shape index (κ3) is 3.21. The lowest BCUT2D eigenvalue weighted by molar-refractivity contribution is -0.00910. The second-order valence-electron chi connectivity index (χ2n) is 5.11. The quantitative estimate of drug-likeness (QED) is 0.868. The van der Waals surface area contributed by atoms with Gasteiger partial charge in [-0.2, -0.15) is 5.26 Å². The van der Waals surface area contributed by atoms with E-state index < -0.39 is 0 Å². The maximum absolute atomic E-state index is 8.81. The van der Waals surface area contributed by atoms with Crippen molar-refractivity contribution in [3.8, 4) is 6.07 Å². The molecule has 0 aliphatic carbocycles. The van der Waals surface area contributed by atoms with E-state index in [9.17, 15) is 0 Å². The highest BCUT2D eigenvalue weighted by molar-refractivity contribution is 5.49. The Morgan fingerprint density at radius 1 is 1.53 bits per heavy atom. The standard InChI is InChI=1S/C14H18N2O/c1-14(2)7-6-13(17-14)10-16-12-5-3-4-11(8-12)9-15/h3-5,8,13,16H,6-7,10H2,1-2H3. The van der Waals surface area contributed by atoms with Gasteiger partial charge in [0.1, 0.15) is 0 Å². The number of benzene rings is 1. The Morgan fingerprint density at radius 3 is 3.00 bits per heavy atom. The minimum Gasteiger partial charge on any atom is -0.382 e. The minimum atomic E-state index is 0.0147. The van der Waals surface area contributed by atoms with Gasteiger partial charge in [0, 0.05) is 12.2 Å². The van der Waals surface area contributed by atoms with Crippen LogP contribution in [-0.4, -0.2) is 18.2 Å². The molecule has 3 heteroatoms. The van der Waals surface area contributed by atoms with Crippen molar-refractivity contribution >= 4 is 5.69 Å². The van der Waals surface area contributed by atoms with E-state index >= 15 is 0 Å². The summed E-state index contributed by atoms with van der Waals surface area (Å²) in [6.45, 7) is 5.06. The Balaban J connectivity index is 1.88. The lowest BCUT2D eigenvalue weighted by Crippen LogP contribution is -2.24. The summed E-state index contributed by atoms with van der Waals surface area (Å²) < 4.78 is 5.90. The molecule has 0 radical (unpaired) electrons. The molecule has 0 saturated carbocycles. The monoisotopic (exact) mass is 230 g/mol. The van der Waals surface area contributed by atoms with Crippen LogP contribution in [-0.2, 0) is 4.74 Å². The van der Waals surface area contributed by atoms with Gasteiger partial charge < -0.3 is 10.1 Å². The van der Waals surface area contributed by atoms with E-state index in [1.807, 2.05) is 18.2 Å². The zero-order chi connectivity index (χ0) is 12.3. The van der Waals surface area contributed by atoms with Crippen LogP contribution >= 0.6 is 0 Å². The molecule has 1 saturated heterocycles. The first-order valence-corrected chi connectivity index (χ1v) is 6.01. The van der Waals surface area contributed by atoms with Crippen LogP contribution in [0, 0.1) is 11.3 Å². The van der Waals surface area contributed by atoms with Crippen LogP contribution in [0.25, 0.3) is 0 Å². The first kappa shape index (κ1) is 11.9. The van der Waals surface area contributed by atoms with E-state index in [1.165, 1.54) is 0 Å². The summed E-state index contributed by atoms with van der Waals surface area (Å²) in [4.78, 5) is 0. The lowest BCUT2D eigenvalue weighted by Gasteiger charge is -2.19. The molecule has 1 atom stereocenters. The topological polar surface area (TPSA) is 45.0 Å². The molecule has 17 heavy (non-hydrogen) atoms. The first-order valence-electron chi connectivity index (χ1n) is 6.01. The second-order valence-corrected chi connectivity index (χ2v) is 5.11. The summed E-state index contributed by atoms with van der Waals surface area (Å²) in [5.74, 6) is 0. The molecule has 3 nitrogen and oxygen atoms in total. The first-order chi connectivity index (χ1) is 8.09. The van der Waals surface area contributed by atoms with Crippen LogP contribution < -0.4 is 5.32 Å². The zero-order valence-corrected chi connectivity index (χ0v) is 10.4. The van der Waals surface area contributed by atoms with E-state index in [4.69, 9.17) is 10.00 Å². The molecule has 0 aromatic heterocycles. The van der Waals surface area contributed by atoms with Crippen molar-refractivity contribution in [1.82, 2.24) is 0 Å². The van der Waals surface area contributed by atoms with Gasteiger partial charge in [0.2, 0.25) is 0 Å². The van der Waals surface area contributed by atoms with Crippen LogP contribution in [0.3, 0.4) is 0 Å². The third-order valence-corrected chi connectivity index (χ3v) is 3.08. The number of nitriles is 1. The molecular formula is C14H18N2O. The molecule has 0 spiro atoms. The zero-order valence-electron chi connectivity index (χ0n) is 10.4. The molecule has 90 valence electrons. The summed E-state index contributed by atoms with van der Waals surface area (Å²) in [6, 6.07) is 9.67. The predicted molar refractivity (Wildman–Crippen MR) is 67.8 cm³/mol. The average Bonchev–Trinajstić information content (AvgIpc) is 2.67. The maximum Gasteiger partial charge on any atom is 0.0992 e. The number of rotatable bonds is 3. The van der Waals surface area contributed by atoms with Crippen molar-refractivity contribution in [3.63, 3.8) is 0 Å². The van der Waals surface area contributed by atoms with Gasteiger partial charge in [0.25, 0.3) is 0 Å². The van der Waals surface area contributed by atoms with Crippen molar-refractivity contribution in [3.05, 3.63) is 29.8 Å². The molecule has 0 amide bonds. The fourth-order valence-corrected chi connectivity index (χ4v) is 2.15. The van der Waals surface area contributed by atoms with E-state index in [1.54, 1.807) is 6.07 Å². The fourth-order valence-electron chi connectivity index (χ4n) is 2.15. The largest absolute Gasteiger partial charge is 0.382 e. The number of hydrogen-bond donors (Lipinski definition) is 1. The molecule has 2 rings (SSSR count). The van der Waals surface area contributed by atoms with Crippen molar-refractivity contribution in [1.29, 1.82) is 5.26 Å². The Hall–Kier alpha value is -1.53. The molecule has 1 aromatic carbocycles. The van der Waals surface area contributed by atoms with Crippen LogP contribution in [0.2, 0.25) is 0 Å². The van der Waals surface area contributed by atoms with Gasteiger partial charge in [-0.3, -0.25) is 0 Å². The van der Waals surface area contributed by atoms with Crippen LogP contribution in [0.5, 0.6) is 0 Å². The van der Waals surface area contributed by atoms with E-state index in [0.717, 1.165) is 25.1 Å². The van der Waals surface area contributed by atoms with Crippen molar-refractivity contribution < 1.29 is 4.74 Å². The number of ether oxygens (including phenoxy) is 1. The van der Waals surface area contributed by atoms with Gasteiger partial charge in [0.15, 0.2) is 0 Å². The van der Waals surface area contributed by atoms with Gasteiger partial charge in [-0.15, -0.1) is 0 Å². The Morgan fingerprint density at radius 2 is 2.35 bits per heavy atom. The molecule has 1 aliphatic rings. The Kier molecular flexibility index (Phi) is 3.35. The SMILES string of the molecule is CC1(C)CCC(CNc2cccc(C#N)c2)O1. The molecule has 0 bridgehead atoms. The maximum atomic E-state index is 8.81. The van der Waals surface area contributed by atoms with Crippen LogP contribution in [0.4, 0.5) is 5.69 Å². The normalized spacial score (nSPS) is 22.1. The number of nitrogens with one attached hydrogen (secondary N) is 1. The smallest absolute Gasteiger partial charge is 0.0992 e. The van der Waals surface area contributed by atoms with E-state index in [-0.39, 0.29) is 11.7 Å². The molecule has 1 N–H and O–H groups in total. The molecule has 1 heterocycles. The predicted octanol–water partition coefficient (Wildman–Crippen LogP) is 2.93. The summed E-state index contributed by atoms with van der Waals surface area (Å²) in [5, 5.41) is 12.1. The highest BCUT2D eigenvalue weighted by atomic mass is 16.5. The second kappa shape index (κ2) is 4.77. The van der Waals surface area contributed by atoms with Gasteiger partial charge >= 0.3 is 0 Å². The fraction of sp³-hybridized carbons (Fsp3) is 0.500. The molecule has 1 aromatic rings. The summed E-state index contributed by atoms with van der Waals surface area (Å²) in [6.07, 6.45) is 2.48. The molecule has 1 unspecified atom stereocenters. The van der Waals surface area contributed by atoms with Crippen molar-refractivity contribution in [2.75, 3.05) is 11.9 Å². The van der Waals surface area contributed by atoms with E-state index in [2.05, 4.69) is 25.2 Å². The van der Waals surface area contributed by atoms with Gasteiger partial charge in [0.05, 0.1) is 23.3 Å². The average molecular weight is 230 g/mol. The Labute approximate surface area is 102 Å². The third-order valence-electron chi connectivity index (χ3n) is 3.08. The molecule has 1 aliphatic heterocycles. The Bertz CT molecular complexity index is 434. The number of nitrogens with zero attached hydrogens (tertiary/aromatic N) is 1. The number of anilines is 1. The highest BCUT2D eigenvalue weighted by Crippen LogP contribution is 2.29. The minimum absolute atomic E-state index is 0.0147. The van der Waals surface area contributed by atoms with Gasteiger partial charge in [-0.1, -0.05) is 6.07 Å². The van der Waals surface area contributed by atoms with Crippen molar-refractivity contribution in [2.24, 2.45) is 0 Å². The molecule has 1 fully saturated rings. The molecular weight excluding hydrogens is 212 g/mol. The summed E-state index contributed by atoms with van der Waals surface area (Å²) >= 11 is 0. The van der Waals surface area contributed by atoms with Crippen LogP contribution in [0.1, 0.15) is 32.3 Å². The lowest BCUT2D eigenvalue weighted by atomic mass is 10.1.